The van der Waals surface area contributed by atoms with E-state index < -0.39 is 0 Å². The van der Waals surface area contributed by atoms with Crippen molar-refractivity contribution < 1.29 is 0 Å². The fraction of sp³-hybridized carbons (Fsp3) is 0.500. The molecule has 0 fully saturated rings. The third-order valence-electron chi connectivity index (χ3n) is 2.28. The molecule has 2 unspecified atom stereocenters. The predicted molar refractivity (Wildman–Crippen MR) is 54.0 cm³/mol. The lowest BCUT2D eigenvalue weighted by Crippen LogP contribution is -2.38. The first-order chi connectivity index (χ1) is 6.13. The first-order valence-corrected chi connectivity index (χ1v) is 4.54. The van der Waals surface area contributed by atoms with Crippen molar-refractivity contribution in [2.75, 3.05) is 0 Å². The van der Waals surface area contributed by atoms with E-state index in [1.54, 1.807) is 12.4 Å². The lowest BCUT2D eigenvalue weighted by molar-refractivity contribution is 0.423. The van der Waals surface area contributed by atoms with Crippen molar-refractivity contribution in [3.63, 3.8) is 0 Å². The van der Waals surface area contributed by atoms with E-state index >= 15 is 0 Å². The van der Waals surface area contributed by atoms with Crippen LogP contribution in [0.15, 0.2) is 24.5 Å². The number of hydrogen-bond donors (Lipinski definition) is 2. The van der Waals surface area contributed by atoms with E-state index in [4.69, 9.17) is 11.5 Å². The van der Waals surface area contributed by atoms with Crippen LogP contribution in [0.2, 0.25) is 0 Å². The van der Waals surface area contributed by atoms with Crippen LogP contribution in [0.5, 0.6) is 0 Å². The number of rotatable bonds is 3. The highest BCUT2D eigenvalue weighted by atomic mass is 14.8. The minimum absolute atomic E-state index is 0.00222. The second-order valence-corrected chi connectivity index (χ2v) is 3.63. The van der Waals surface area contributed by atoms with E-state index in [1.165, 1.54) is 0 Å². The summed E-state index contributed by atoms with van der Waals surface area (Å²) in [7, 11) is 0. The maximum absolute atomic E-state index is 5.99. The Morgan fingerprint density at radius 3 is 2.15 bits per heavy atom. The molecular weight excluding hydrogens is 162 g/mol. The molecule has 0 radical (unpaired) electrons. The summed E-state index contributed by atoms with van der Waals surface area (Å²) in [5.41, 5.74) is 13.0. The van der Waals surface area contributed by atoms with E-state index in [-0.39, 0.29) is 12.1 Å². The van der Waals surface area contributed by atoms with Crippen molar-refractivity contribution in [2.45, 2.75) is 25.9 Å². The summed E-state index contributed by atoms with van der Waals surface area (Å²) in [6.07, 6.45) is 3.48. The van der Waals surface area contributed by atoms with Crippen LogP contribution in [0.1, 0.15) is 25.5 Å². The standard InChI is InChI=1S/C10H17N3/c1-7(2)9(11)10(12)8-3-5-13-6-4-8/h3-7,9-10H,11-12H2,1-2H3. The van der Waals surface area contributed by atoms with Crippen molar-refractivity contribution in [3.05, 3.63) is 30.1 Å². The molecule has 1 heterocycles. The number of pyridine rings is 1. The quantitative estimate of drug-likeness (QED) is 0.729. The van der Waals surface area contributed by atoms with Gasteiger partial charge in [0, 0.05) is 24.5 Å². The van der Waals surface area contributed by atoms with Crippen LogP contribution in [0.4, 0.5) is 0 Å². The fourth-order valence-electron chi connectivity index (χ4n) is 1.22. The first-order valence-electron chi connectivity index (χ1n) is 4.54. The van der Waals surface area contributed by atoms with Gasteiger partial charge < -0.3 is 11.5 Å². The topological polar surface area (TPSA) is 64.9 Å². The number of hydrogen-bond acceptors (Lipinski definition) is 3. The van der Waals surface area contributed by atoms with Crippen LogP contribution in [0, 0.1) is 5.92 Å². The molecule has 2 atom stereocenters. The molecule has 0 aromatic carbocycles. The highest BCUT2D eigenvalue weighted by Crippen LogP contribution is 2.16. The second kappa shape index (κ2) is 4.35. The minimum Gasteiger partial charge on any atom is -0.326 e. The summed E-state index contributed by atoms with van der Waals surface area (Å²) in [5.74, 6) is 0.392. The predicted octanol–water partition coefficient (Wildman–Crippen LogP) is 1.06. The largest absolute Gasteiger partial charge is 0.326 e. The number of nitrogens with zero attached hydrogens (tertiary/aromatic N) is 1. The van der Waals surface area contributed by atoms with Gasteiger partial charge in [0.15, 0.2) is 0 Å². The third kappa shape index (κ3) is 2.50. The Morgan fingerprint density at radius 2 is 1.69 bits per heavy atom. The van der Waals surface area contributed by atoms with Gasteiger partial charge in [-0.3, -0.25) is 4.98 Å². The highest BCUT2D eigenvalue weighted by molar-refractivity contribution is 5.16. The Balaban J connectivity index is 2.73. The Hall–Kier alpha value is -0.930. The van der Waals surface area contributed by atoms with Gasteiger partial charge in [-0.2, -0.15) is 0 Å². The van der Waals surface area contributed by atoms with Crippen LogP contribution in [-0.2, 0) is 0 Å². The molecule has 0 aliphatic carbocycles. The lowest BCUT2D eigenvalue weighted by Gasteiger charge is -2.23. The van der Waals surface area contributed by atoms with Crippen molar-refractivity contribution >= 4 is 0 Å². The SMILES string of the molecule is CC(C)C(N)C(N)c1ccncc1. The van der Waals surface area contributed by atoms with Crippen molar-refractivity contribution in [2.24, 2.45) is 17.4 Å². The van der Waals surface area contributed by atoms with E-state index in [2.05, 4.69) is 18.8 Å². The summed E-state index contributed by atoms with van der Waals surface area (Å²) in [6.45, 7) is 4.15. The Morgan fingerprint density at radius 1 is 1.15 bits per heavy atom. The summed E-state index contributed by atoms with van der Waals surface area (Å²) in [5, 5.41) is 0. The second-order valence-electron chi connectivity index (χ2n) is 3.63. The first kappa shape index (κ1) is 10.2. The summed E-state index contributed by atoms with van der Waals surface area (Å²) < 4.78 is 0. The minimum atomic E-state index is -0.0944. The molecule has 0 saturated heterocycles. The van der Waals surface area contributed by atoms with E-state index in [1.807, 2.05) is 12.1 Å². The van der Waals surface area contributed by atoms with Gasteiger partial charge in [-0.1, -0.05) is 13.8 Å². The van der Waals surface area contributed by atoms with Crippen LogP contribution in [-0.4, -0.2) is 11.0 Å². The van der Waals surface area contributed by atoms with Crippen LogP contribution in [0.3, 0.4) is 0 Å². The zero-order valence-corrected chi connectivity index (χ0v) is 8.14. The van der Waals surface area contributed by atoms with Crippen LogP contribution in [0.25, 0.3) is 0 Å². The van der Waals surface area contributed by atoms with Gasteiger partial charge >= 0.3 is 0 Å². The van der Waals surface area contributed by atoms with Gasteiger partial charge in [0.05, 0.1) is 0 Å². The Labute approximate surface area is 79.2 Å². The summed E-state index contributed by atoms with van der Waals surface area (Å²) in [6, 6.07) is 3.73. The highest BCUT2D eigenvalue weighted by Gasteiger charge is 2.17. The van der Waals surface area contributed by atoms with Gasteiger partial charge in [-0.05, 0) is 23.6 Å². The molecular formula is C10H17N3. The number of aromatic nitrogens is 1. The molecule has 13 heavy (non-hydrogen) atoms. The summed E-state index contributed by atoms with van der Waals surface area (Å²) in [4.78, 5) is 3.94. The van der Waals surface area contributed by atoms with Gasteiger partial charge in [0.25, 0.3) is 0 Å². The molecule has 0 aliphatic heterocycles. The molecule has 72 valence electrons. The third-order valence-corrected chi connectivity index (χ3v) is 2.28. The fourth-order valence-corrected chi connectivity index (χ4v) is 1.22. The summed E-state index contributed by atoms with van der Waals surface area (Å²) >= 11 is 0. The van der Waals surface area contributed by atoms with E-state index in [0.29, 0.717) is 5.92 Å². The van der Waals surface area contributed by atoms with Crippen LogP contribution >= 0.6 is 0 Å². The zero-order valence-electron chi connectivity index (χ0n) is 8.14. The lowest BCUT2D eigenvalue weighted by atomic mass is 9.93. The molecule has 3 nitrogen and oxygen atoms in total. The van der Waals surface area contributed by atoms with Crippen molar-refractivity contribution in [3.8, 4) is 0 Å². The van der Waals surface area contributed by atoms with Gasteiger partial charge in [0.2, 0.25) is 0 Å². The van der Waals surface area contributed by atoms with Gasteiger partial charge in [0.1, 0.15) is 0 Å². The Kier molecular flexibility index (Phi) is 3.39. The molecule has 0 amide bonds. The zero-order chi connectivity index (χ0) is 9.84. The molecule has 1 aromatic rings. The molecule has 0 spiro atoms. The van der Waals surface area contributed by atoms with Gasteiger partial charge in [-0.15, -0.1) is 0 Å². The monoisotopic (exact) mass is 179 g/mol. The molecule has 0 bridgehead atoms. The molecule has 3 heteroatoms. The van der Waals surface area contributed by atoms with Crippen molar-refractivity contribution in [1.82, 2.24) is 4.98 Å². The molecule has 4 N–H and O–H groups in total. The maximum atomic E-state index is 5.99. The molecule has 1 aromatic heterocycles. The molecule has 0 saturated carbocycles. The van der Waals surface area contributed by atoms with Crippen LogP contribution < -0.4 is 11.5 Å². The van der Waals surface area contributed by atoms with E-state index in [0.717, 1.165) is 5.56 Å². The average Bonchev–Trinajstić information content (AvgIpc) is 2.17. The van der Waals surface area contributed by atoms with E-state index in [9.17, 15) is 0 Å². The maximum Gasteiger partial charge on any atom is 0.0452 e. The normalized spacial score (nSPS) is 15.8. The smallest absolute Gasteiger partial charge is 0.0452 e. The average molecular weight is 179 g/mol. The van der Waals surface area contributed by atoms with Crippen molar-refractivity contribution in [1.29, 1.82) is 0 Å². The van der Waals surface area contributed by atoms with Gasteiger partial charge in [-0.25, -0.2) is 0 Å². The molecule has 1 rings (SSSR count). The number of nitrogens with two attached hydrogens (primary N) is 2. The molecule has 0 aliphatic rings. The Bertz CT molecular complexity index is 246.